The minimum Gasteiger partial charge on any atom is -0.464 e. The third-order valence-corrected chi connectivity index (χ3v) is 5.24. The van der Waals surface area contributed by atoms with Gasteiger partial charge in [-0.15, -0.1) is 11.8 Å². The summed E-state index contributed by atoms with van der Waals surface area (Å²) >= 11 is 1.16. The van der Waals surface area contributed by atoms with Crippen molar-refractivity contribution in [3.05, 3.63) is 23.3 Å². The van der Waals surface area contributed by atoms with Crippen LogP contribution in [-0.4, -0.2) is 47.5 Å². The minimum atomic E-state index is -1.42. The van der Waals surface area contributed by atoms with Gasteiger partial charge >= 0.3 is 17.9 Å². The normalized spacial score (nSPS) is 21.2. The Bertz CT molecular complexity index is 667. The zero-order valence-electron chi connectivity index (χ0n) is 16.4. The number of amides is 1. The van der Waals surface area contributed by atoms with Gasteiger partial charge in [-0.3, -0.25) is 19.3 Å². The summed E-state index contributed by atoms with van der Waals surface area (Å²) in [7, 11) is 1.22. The number of methoxy groups -OCH3 is 1. The summed E-state index contributed by atoms with van der Waals surface area (Å²) in [4.78, 5) is 49.8. The van der Waals surface area contributed by atoms with E-state index in [0.29, 0.717) is 5.57 Å². The standard InChI is InChI=1S/C18H25NO7S/c1-8-18(17(25-11(5)20)26-12(6)21)15(23)19(16(18)27-9-2)13(10(3)4)14(22)24-7/h9,16-17H,2,8H2,1,3-7H3. The number of carbonyl (C=O) groups excluding carboxylic acids is 4. The molecule has 2 unspecified atom stereocenters. The van der Waals surface area contributed by atoms with E-state index >= 15 is 0 Å². The number of carbonyl (C=O) groups is 4. The fourth-order valence-electron chi connectivity index (χ4n) is 2.98. The lowest BCUT2D eigenvalue weighted by Crippen LogP contribution is -2.72. The van der Waals surface area contributed by atoms with Crippen molar-refractivity contribution in [2.45, 2.75) is 52.7 Å². The average molecular weight is 399 g/mol. The number of β-lactam (4-membered cyclic amide) rings is 1. The summed E-state index contributed by atoms with van der Waals surface area (Å²) in [5, 5.41) is 0.827. The number of likely N-dealkylation sites (tertiary alicyclic amines) is 1. The van der Waals surface area contributed by atoms with Crippen LogP contribution in [0.4, 0.5) is 0 Å². The lowest BCUT2D eigenvalue weighted by Gasteiger charge is -2.56. The predicted molar refractivity (Wildman–Crippen MR) is 98.9 cm³/mol. The lowest BCUT2D eigenvalue weighted by molar-refractivity contribution is -0.232. The van der Waals surface area contributed by atoms with Crippen molar-refractivity contribution in [1.82, 2.24) is 4.90 Å². The molecule has 0 radical (unpaired) electrons. The van der Waals surface area contributed by atoms with Crippen LogP contribution in [0.2, 0.25) is 0 Å². The largest absolute Gasteiger partial charge is 0.464 e. The molecule has 0 N–H and O–H groups in total. The van der Waals surface area contributed by atoms with Crippen molar-refractivity contribution in [3.8, 4) is 0 Å². The van der Waals surface area contributed by atoms with Crippen LogP contribution in [0, 0.1) is 5.41 Å². The van der Waals surface area contributed by atoms with E-state index in [0.717, 1.165) is 25.6 Å². The summed E-state index contributed by atoms with van der Waals surface area (Å²) in [6.07, 6.45) is -1.22. The van der Waals surface area contributed by atoms with Crippen LogP contribution < -0.4 is 0 Å². The van der Waals surface area contributed by atoms with Gasteiger partial charge in [-0.05, 0) is 31.2 Å². The van der Waals surface area contributed by atoms with Gasteiger partial charge in [0.05, 0.1) is 7.11 Å². The number of allylic oxidation sites excluding steroid dienone is 1. The molecule has 1 saturated heterocycles. The minimum absolute atomic E-state index is 0.0929. The smallest absolute Gasteiger partial charge is 0.354 e. The topological polar surface area (TPSA) is 99.2 Å². The molecule has 1 heterocycles. The lowest BCUT2D eigenvalue weighted by atomic mass is 9.74. The van der Waals surface area contributed by atoms with Crippen LogP contribution in [-0.2, 0) is 33.4 Å². The van der Waals surface area contributed by atoms with Gasteiger partial charge in [-0.1, -0.05) is 13.5 Å². The molecule has 0 spiro atoms. The molecule has 1 rings (SSSR count). The molecule has 0 aromatic rings. The highest BCUT2D eigenvalue weighted by Gasteiger charge is 2.68. The molecule has 1 aliphatic heterocycles. The summed E-state index contributed by atoms with van der Waals surface area (Å²) in [5.74, 6) is -2.56. The van der Waals surface area contributed by atoms with Crippen molar-refractivity contribution >= 4 is 35.6 Å². The van der Waals surface area contributed by atoms with Crippen LogP contribution >= 0.6 is 11.8 Å². The summed E-state index contributed by atoms with van der Waals surface area (Å²) in [5.41, 5.74) is -0.688. The average Bonchev–Trinajstić information content (AvgIpc) is 2.57. The molecule has 8 nitrogen and oxygen atoms in total. The molecule has 1 fully saturated rings. The van der Waals surface area contributed by atoms with Crippen LogP contribution in [0.3, 0.4) is 0 Å². The van der Waals surface area contributed by atoms with Gasteiger partial charge in [0.15, 0.2) is 5.41 Å². The van der Waals surface area contributed by atoms with E-state index in [9.17, 15) is 19.2 Å². The van der Waals surface area contributed by atoms with E-state index in [2.05, 4.69) is 6.58 Å². The molecule has 1 aliphatic rings. The molecule has 0 bridgehead atoms. The summed E-state index contributed by atoms with van der Waals surface area (Å²) in [6.45, 7) is 11.1. The Morgan fingerprint density at radius 3 is 2.07 bits per heavy atom. The molecule has 0 saturated carbocycles. The van der Waals surface area contributed by atoms with Crippen molar-refractivity contribution < 1.29 is 33.4 Å². The molecule has 27 heavy (non-hydrogen) atoms. The maximum Gasteiger partial charge on any atom is 0.354 e. The SMILES string of the molecule is C=CSC1N(C(C(=O)OC)=C(C)C)C(=O)C1(CC)C(OC(C)=O)OC(C)=O. The maximum atomic E-state index is 13.2. The fourth-order valence-corrected chi connectivity index (χ4v) is 4.11. The Morgan fingerprint density at radius 1 is 1.22 bits per heavy atom. The second-order valence-electron chi connectivity index (χ2n) is 6.12. The Balaban J connectivity index is 3.50. The molecule has 150 valence electrons. The van der Waals surface area contributed by atoms with Gasteiger partial charge in [0.25, 0.3) is 6.29 Å². The monoisotopic (exact) mass is 399 g/mol. The fraction of sp³-hybridized carbons (Fsp3) is 0.556. The Kier molecular flexibility index (Phi) is 7.65. The highest BCUT2D eigenvalue weighted by atomic mass is 32.2. The van der Waals surface area contributed by atoms with Gasteiger partial charge < -0.3 is 14.2 Å². The highest BCUT2D eigenvalue weighted by molar-refractivity contribution is 8.02. The maximum absolute atomic E-state index is 13.2. The number of nitrogens with zero attached hydrogens (tertiary/aromatic N) is 1. The quantitative estimate of drug-likeness (QED) is 0.265. The number of ether oxygens (including phenoxy) is 3. The molecule has 2 atom stereocenters. The van der Waals surface area contributed by atoms with Gasteiger partial charge in [-0.25, -0.2) is 4.79 Å². The van der Waals surface area contributed by atoms with E-state index < -0.39 is 40.9 Å². The Morgan fingerprint density at radius 2 is 1.74 bits per heavy atom. The Labute approximate surface area is 162 Å². The van der Waals surface area contributed by atoms with E-state index in [1.54, 1.807) is 20.8 Å². The van der Waals surface area contributed by atoms with E-state index in [4.69, 9.17) is 14.2 Å². The van der Waals surface area contributed by atoms with Crippen LogP contribution in [0.5, 0.6) is 0 Å². The summed E-state index contributed by atoms with van der Waals surface area (Å²) < 4.78 is 15.1. The molecule has 0 aromatic carbocycles. The van der Waals surface area contributed by atoms with Crippen molar-refractivity contribution in [3.63, 3.8) is 0 Å². The number of hydrogen-bond donors (Lipinski definition) is 0. The van der Waals surface area contributed by atoms with Gasteiger partial charge in [0, 0.05) is 13.8 Å². The van der Waals surface area contributed by atoms with Crippen molar-refractivity contribution in [2.24, 2.45) is 5.41 Å². The number of hydrogen-bond acceptors (Lipinski definition) is 8. The zero-order chi connectivity index (χ0) is 20.9. The molecule has 9 heteroatoms. The number of thioether (sulfide) groups is 1. The van der Waals surface area contributed by atoms with E-state index in [1.807, 2.05) is 0 Å². The first-order chi connectivity index (χ1) is 12.6. The van der Waals surface area contributed by atoms with Crippen molar-refractivity contribution in [2.75, 3.05) is 7.11 Å². The van der Waals surface area contributed by atoms with E-state index in [-0.39, 0.29) is 12.1 Å². The van der Waals surface area contributed by atoms with Gasteiger partial charge in [-0.2, -0.15) is 0 Å². The van der Waals surface area contributed by atoms with E-state index in [1.165, 1.54) is 17.4 Å². The van der Waals surface area contributed by atoms with Crippen molar-refractivity contribution in [1.29, 1.82) is 0 Å². The Hall–Kier alpha value is -2.29. The first kappa shape index (κ1) is 22.8. The second kappa shape index (κ2) is 9.07. The molecular weight excluding hydrogens is 374 g/mol. The van der Waals surface area contributed by atoms with Crippen LogP contribution in [0.1, 0.15) is 41.0 Å². The first-order valence-corrected chi connectivity index (χ1v) is 9.22. The van der Waals surface area contributed by atoms with Gasteiger partial charge in [0.1, 0.15) is 11.1 Å². The van der Waals surface area contributed by atoms with Crippen LogP contribution in [0.15, 0.2) is 23.3 Å². The van der Waals surface area contributed by atoms with Gasteiger partial charge in [0.2, 0.25) is 5.91 Å². The second-order valence-corrected chi connectivity index (χ2v) is 7.17. The highest BCUT2D eigenvalue weighted by Crippen LogP contribution is 2.53. The van der Waals surface area contributed by atoms with Crippen LogP contribution in [0.25, 0.3) is 0 Å². The molecule has 0 aliphatic carbocycles. The third-order valence-electron chi connectivity index (χ3n) is 4.16. The number of rotatable bonds is 8. The predicted octanol–water partition coefficient (Wildman–Crippen LogP) is 2.35. The third kappa shape index (κ3) is 4.18. The molecule has 0 aromatic heterocycles. The zero-order valence-corrected chi connectivity index (χ0v) is 17.2. The first-order valence-electron chi connectivity index (χ1n) is 8.28. The molecular formula is C18H25NO7S. The number of esters is 3. The summed E-state index contributed by atoms with van der Waals surface area (Å²) in [6, 6.07) is 0. The molecule has 1 amide bonds.